The Morgan fingerprint density at radius 1 is 0.545 bits per heavy atom. The van der Waals surface area contributed by atoms with Crippen LogP contribution in [0, 0.1) is 0 Å². The molecule has 0 aromatic heterocycles. The van der Waals surface area contributed by atoms with E-state index in [0.29, 0.717) is 0 Å². The van der Waals surface area contributed by atoms with Gasteiger partial charge >= 0.3 is 47.8 Å². The summed E-state index contributed by atoms with van der Waals surface area (Å²) >= 11 is 0. The molecular weight excluding hydrogens is 551 g/mol. The quantitative estimate of drug-likeness (QED) is 0.214. The number of hydrogen-bond donors (Lipinski definition) is 1. The lowest BCUT2D eigenvalue weighted by Crippen LogP contribution is -2.74. The van der Waals surface area contributed by atoms with Crippen molar-refractivity contribution in [3.8, 4) is 0 Å². The van der Waals surface area contributed by atoms with Gasteiger partial charge in [0, 0.05) is 0 Å². The number of hydrogen-bond acceptors (Lipinski definition) is 3. The van der Waals surface area contributed by atoms with Gasteiger partial charge in [-0.1, -0.05) is 0 Å². The molecule has 0 amide bonds. The fourth-order valence-corrected chi connectivity index (χ4v) is 2.16. The molecule has 33 heavy (non-hydrogen) atoms. The van der Waals surface area contributed by atoms with Gasteiger partial charge < -0.3 is 4.74 Å². The Balaban J connectivity index is 6.31. The Labute approximate surface area is 170 Å². The molecule has 1 N–H and O–H groups in total. The number of alkyl halides is 17. The molecule has 0 saturated heterocycles. The van der Waals surface area contributed by atoms with Gasteiger partial charge in [-0.25, -0.2) is 0 Å². The maximum absolute atomic E-state index is 13.3. The van der Waals surface area contributed by atoms with Crippen molar-refractivity contribution in [1.82, 2.24) is 0 Å². The molecule has 0 aromatic carbocycles. The van der Waals surface area contributed by atoms with Crippen molar-refractivity contribution < 1.29 is 92.3 Å². The van der Waals surface area contributed by atoms with Crippen molar-refractivity contribution in [1.29, 1.82) is 0 Å². The molecule has 0 aliphatic carbocycles. The zero-order valence-corrected chi connectivity index (χ0v) is 15.4. The molecular formula is C11H7F17O4S. The minimum Gasteiger partial charge on any atom is -0.315 e. The zero-order valence-electron chi connectivity index (χ0n) is 14.6. The SMILES string of the molecule is O=S(=O)(O)CCCOC(F)(F)C(F)(F)C(F)(F)C(F)(F)C(F)(F)C(F)(F)C(F)(F)C(F)(F)F. The van der Waals surface area contributed by atoms with E-state index in [1.165, 1.54) is 0 Å². The van der Waals surface area contributed by atoms with Gasteiger partial charge in [-0.2, -0.15) is 83.1 Å². The van der Waals surface area contributed by atoms with Crippen LogP contribution in [0.3, 0.4) is 0 Å². The van der Waals surface area contributed by atoms with Gasteiger partial charge in [-0.3, -0.25) is 4.55 Å². The Kier molecular flexibility index (Phi) is 8.08. The maximum atomic E-state index is 13.3. The first-order chi connectivity index (χ1) is 14.0. The maximum Gasteiger partial charge on any atom is 0.460 e. The molecule has 200 valence electrons. The Morgan fingerprint density at radius 2 is 0.848 bits per heavy atom. The van der Waals surface area contributed by atoms with E-state index in [0.717, 1.165) is 0 Å². The third kappa shape index (κ3) is 5.05. The summed E-state index contributed by atoms with van der Waals surface area (Å²) in [5, 5.41) is 0. The van der Waals surface area contributed by atoms with Crippen LogP contribution in [0.2, 0.25) is 0 Å². The van der Waals surface area contributed by atoms with Crippen molar-refractivity contribution in [3.05, 3.63) is 0 Å². The van der Waals surface area contributed by atoms with Gasteiger partial charge in [0.2, 0.25) is 0 Å². The standard InChI is InChI=1S/C11H7F17O4S/c12-4(13,6(16,17)8(20,21)10(24,25)26)5(14,15)7(18,19)9(22,23)11(27,28)32-2-1-3-33(29,30)31/h1-3H2,(H,29,30,31). The van der Waals surface area contributed by atoms with Crippen LogP contribution < -0.4 is 0 Å². The Hall–Kier alpha value is -1.32. The van der Waals surface area contributed by atoms with E-state index in [2.05, 4.69) is 4.74 Å². The predicted molar refractivity (Wildman–Crippen MR) is 67.7 cm³/mol. The number of rotatable bonds is 11. The van der Waals surface area contributed by atoms with Gasteiger partial charge in [0.05, 0.1) is 12.4 Å². The monoisotopic (exact) mass is 558 g/mol. The van der Waals surface area contributed by atoms with Crippen molar-refractivity contribution >= 4 is 10.1 Å². The predicted octanol–water partition coefficient (Wildman–Crippen LogP) is 5.25. The second-order valence-electron chi connectivity index (χ2n) is 5.95. The van der Waals surface area contributed by atoms with Crippen molar-refractivity contribution in [2.75, 3.05) is 12.4 Å². The van der Waals surface area contributed by atoms with E-state index < -0.39 is 76.7 Å². The van der Waals surface area contributed by atoms with Crippen LogP contribution in [0.15, 0.2) is 0 Å². The summed E-state index contributed by atoms with van der Waals surface area (Å²) in [6, 6.07) is 0. The van der Waals surface area contributed by atoms with Crippen LogP contribution in [0.4, 0.5) is 74.6 Å². The summed E-state index contributed by atoms with van der Waals surface area (Å²) in [5.74, 6) is -52.4. The van der Waals surface area contributed by atoms with Gasteiger partial charge in [0.15, 0.2) is 0 Å². The Morgan fingerprint density at radius 3 is 1.15 bits per heavy atom. The second kappa shape index (κ2) is 8.41. The highest BCUT2D eigenvalue weighted by atomic mass is 32.2. The molecule has 0 saturated carbocycles. The highest BCUT2D eigenvalue weighted by molar-refractivity contribution is 7.85. The molecule has 22 heteroatoms. The Bertz CT molecular complexity index is 800. The van der Waals surface area contributed by atoms with E-state index in [1.54, 1.807) is 0 Å². The number of ether oxygens (including phenoxy) is 1. The van der Waals surface area contributed by atoms with Gasteiger partial charge in [-0.15, -0.1) is 0 Å². The number of halogens is 17. The molecule has 0 aromatic rings. The lowest BCUT2D eigenvalue weighted by Gasteiger charge is -2.42. The molecule has 0 fully saturated rings. The first kappa shape index (κ1) is 31.7. The van der Waals surface area contributed by atoms with Crippen LogP contribution in [0.1, 0.15) is 6.42 Å². The normalized spacial score (nSPS) is 16.3. The summed E-state index contributed by atoms with van der Waals surface area (Å²) in [6.45, 7) is -2.12. The van der Waals surface area contributed by atoms with Crippen LogP contribution in [0.25, 0.3) is 0 Å². The van der Waals surface area contributed by atoms with Crippen molar-refractivity contribution in [3.63, 3.8) is 0 Å². The summed E-state index contributed by atoms with van der Waals surface area (Å²) in [5.41, 5.74) is 0. The zero-order chi connectivity index (χ0) is 27.3. The van der Waals surface area contributed by atoms with Crippen molar-refractivity contribution in [2.24, 2.45) is 0 Å². The molecule has 0 radical (unpaired) electrons. The van der Waals surface area contributed by atoms with Crippen LogP contribution in [-0.4, -0.2) is 73.2 Å². The fraction of sp³-hybridized carbons (Fsp3) is 1.00. The van der Waals surface area contributed by atoms with E-state index in [-0.39, 0.29) is 0 Å². The largest absolute Gasteiger partial charge is 0.460 e. The molecule has 0 spiro atoms. The van der Waals surface area contributed by atoms with Gasteiger partial charge in [-0.05, 0) is 6.42 Å². The highest BCUT2D eigenvalue weighted by Gasteiger charge is 2.95. The third-order valence-electron chi connectivity index (χ3n) is 3.52. The minimum absolute atomic E-state index is 1.46. The van der Waals surface area contributed by atoms with E-state index in [9.17, 15) is 83.1 Å². The molecule has 0 unspecified atom stereocenters. The van der Waals surface area contributed by atoms with Gasteiger partial charge in [0.25, 0.3) is 10.1 Å². The van der Waals surface area contributed by atoms with Gasteiger partial charge in [0.1, 0.15) is 0 Å². The second-order valence-corrected chi connectivity index (χ2v) is 7.52. The fourth-order valence-electron chi connectivity index (χ4n) is 1.68. The average molecular weight is 558 g/mol. The van der Waals surface area contributed by atoms with Crippen LogP contribution in [-0.2, 0) is 14.9 Å². The first-order valence-electron chi connectivity index (χ1n) is 7.26. The smallest absolute Gasteiger partial charge is 0.315 e. The lowest BCUT2D eigenvalue weighted by atomic mass is 9.90. The summed E-state index contributed by atoms with van der Waals surface area (Å²) in [6.07, 6.45) is -16.4. The molecule has 4 nitrogen and oxygen atoms in total. The molecule has 0 aliphatic rings. The lowest BCUT2D eigenvalue weighted by molar-refractivity contribution is -0.477. The van der Waals surface area contributed by atoms with E-state index in [1.807, 2.05) is 0 Å². The van der Waals surface area contributed by atoms with Crippen LogP contribution in [0.5, 0.6) is 0 Å². The highest BCUT2D eigenvalue weighted by Crippen LogP contribution is 2.63. The summed E-state index contributed by atoms with van der Waals surface area (Å²) in [7, 11) is -5.02. The average Bonchev–Trinajstić information content (AvgIpc) is 2.55. The molecule has 0 bridgehead atoms. The third-order valence-corrected chi connectivity index (χ3v) is 4.33. The summed E-state index contributed by atoms with van der Waals surface area (Å²) in [4.78, 5) is 0. The summed E-state index contributed by atoms with van der Waals surface area (Å²) < 4.78 is 251. The van der Waals surface area contributed by atoms with E-state index >= 15 is 0 Å². The molecule has 0 rings (SSSR count). The molecule has 0 heterocycles. The first-order valence-corrected chi connectivity index (χ1v) is 8.87. The molecule has 0 aliphatic heterocycles. The van der Waals surface area contributed by atoms with Crippen LogP contribution >= 0.6 is 0 Å². The van der Waals surface area contributed by atoms with Crippen molar-refractivity contribution in [2.45, 2.75) is 54.2 Å². The molecule has 0 atom stereocenters. The minimum atomic E-state index is -8.74. The van der Waals surface area contributed by atoms with E-state index in [4.69, 9.17) is 4.55 Å². The topological polar surface area (TPSA) is 63.6 Å².